The highest BCUT2D eigenvalue weighted by Crippen LogP contribution is 2.31. The van der Waals surface area contributed by atoms with Gasteiger partial charge in [0.05, 0.1) is 11.5 Å². The second-order valence-electron chi connectivity index (χ2n) is 4.43. The van der Waals surface area contributed by atoms with E-state index in [4.69, 9.17) is 5.11 Å². The molecule has 1 saturated heterocycles. The van der Waals surface area contributed by atoms with Crippen molar-refractivity contribution in [2.75, 3.05) is 11.5 Å². The van der Waals surface area contributed by atoms with Crippen LogP contribution >= 0.6 is 0 Å². The second kappa shape index (κ2) is 3.75. The zero-order valence-electron chi connectivity index (χ0n) is 8.35. The first-order valence-corrected chi connectivity index (χ1v) is 6.99. The monoisotopic (exact) mass is 233 g/mol. The SMILES string of the molecule is O=C(O)C1CS(=O)(=O)CC(C2CCC2)N1. The zero-order valence-corrected chi connectivity index (χ0v) is 9.16. The fourth-order valence-corrected chi connectivity index (χ4v) is 4.01. The molecule has 1 aliphatic carbocycles. The van der Waals surface area contributed by atoms with Gasteiger partial charge in [-0.1, -0.05) is 6.42 Å². The van der Waals surface area contributed by atoms with Gasteiger partial charge in [0.2, 0.25) is 0 Å². The molecule has 0 bridgehead atoms. The summed E-state index contributed by atoms with van der Waals surface area (Å²) in [5, 5.41) is 11.8. The van der Waals surface area contributed by atoms with E-state index in [9.17, 15) is 13.2 Å². The summed E-state index contributed by atoms with van der Waals surface area (Å²) in [7, 11) is -3.19. The largest absolute Gasteiger partial charge is 0.480 e. The third kappa shape index (κ3) is 2.31. The van der Waals surface area contributed by atoms with Crippen LogP contribution in [0.5, 0.6) is 0 Å². The number of hydrogen-bond acceptors (Lipinski definition) is 4. The van der Waals surface area contributed by atoms with Crippen LogP contribution in [0, 0.1) is 5.92 Å². The standard InChI is InChI=1S/C9H15NO4S/c11-9(12)8-5-15(13,14)4-7(10-8)6-2-1-3-6/h6-8,10H,1-5H2,(H,11,12). The first kappa shape index (κ1) is 10.9. The molecule has 15 heavy (non-hydrogen) atoms. The van der Waals surface area contributed by atoms with E-state index in [1.165, 1.54) is 0 Å². The van der Waals surface area contributed by atoms with Crippen molar-refractivity contribution >= 4 is 15.8 Å². The van der Waals surface area contributed by atoms with Crippen molar-refractivity contribution in [2.45, 2.75) is 31.3 Å². The molecular formula is C9H15NO4S. The highest BCUT2D eigenvalue weighted by molar-refractivity contribution is 7.91. The van der Waals surface area contributed by atoms with Crippen LogP contribution in [-0.2, 0) is 14.6 Å². The number of carboxylic acids is 1. The van der Waals surface area contributed by atoms with Crippen molar-refractivity contribution in [3.05, 3.63) is 0 Å². The summed E-state index contributed by atoms with van der Waals surface area (Å²) in [6.45, 7) is 0. The van der Waals surface area contributed by atoms with Gasteiger partial charge in [0.15, 0.2) is 9.84 Å². The smallest absolute Gasteiger partial charge is 0.321 e. The Labute approximate surface area is 88.8 Å². The van der Waals surface area contributed by atoms with E-state index >= 15 is 0 Å². The Morgan fingerprint density at radius 1 is 1.27 bits per heavy atom. The van der Waals surface area contributed by atoms with Crippen molar-refractivity contribution in [3.8, 4) is 0 Å². The molecule has 1 aliphatic heterocycles. The van der Waals surface area contributed by atoms with Gasteiger partial charge in [-0.2, -0.15) is 0 Å². The summed E-state index contributed by atoms with van der Waals surface area (Å²) in [6, 6.07) is -1.08. The van der Waals surface area contributed by atoms with Gasteiger partial charge in [-0.15, -0.1) is 0 Å². The van der Waals surface area contributed by atoms with E-state index in [0.29, 0.717) is 5.92 Å². The molecule has 2 fully saturated rings. The summed E-state index contributed by atoms with van der Waals surface area (Å²) in [5.74, 6) is -0.892. The minimum atomic E-state index is -3.19. The van der Waals surface area contributed by atoms with Crippen LogP contribution in [-0.4, -0.2) is 43.1 Å². The van der Waals surface area contributed by atoms with E-state index in [0.717, 1.165) is 19.3 Å². The molecule has 0 spiro atoms. The molecule has 2 rings (SSSR count). The number of carboxylic acid groups (broad SMARTS) is 1. The van der Waals surface area contributed by atoms with Gasteiger partial charge in [-0.25, -0.2) is 8.42 Å². The first-order valence-electron chi connectivity index (χ1n) is 5.17. The van der Waals surface area contributed by atoms with E-state index in [1.54, 1.807) is 0 Å². The predicted octanol–water partition coefficient (Wildman–Crippen LogP) is -0.374. The lowest BCUT2D eigenvalue weighted by atomic mass is 9.80. The molecule has 2 atom stereocenters. The molecule has 0 aromatic carbocycles. The number of sulfone groups is 1. The van der Waals surface area contributed by atoms with Crippen molar-refractivity contribution in [1.29, 1.82) is 0 Å². The van der Waals surface area contributed by atoms with Crippen molar-refractivity contribution in [3.63, 3.8) is 0 Å². The number of nitrogens with one attached hydrogen (secondary N) is 1. The third-order valence-electron chi connectivity index (χ3n) is 3.29. The minimum Gasteiger partial charge on any atom is -0.480 e. The molecule has 0 aromatic rings. The summed E-state index contributed by atoms with van der Waals surface area (Å²) in [6.07, 6.45) is 3.15. The van der Waals surface area contributed by atoms with Gasteiger partial charge in [0.1, 0.15) is 6.04 Å². The molecule has 0 radical (unpaired) electrons. The Hall–Kier alpha value is -0.620. The van der Waals surface area contributed by atoms with Gasteiger partial charge in [-0.3, -0.25) is 10.1 Å². The Morgan fingerprint density at radius 2 is 1.93 bits per heavy atom. The van der Waals surface area contributed by atoms with Crippen LogP contribution in [0.4, 0.5) is 0 Å². The number of rotatable bonds is 2. The quantitative estimate of drug-likeness (QED) is 0.679. The summed E-state index contributed by atoms with van der Waals surface area (Å²) < 4.78 is 23.0. The topological polar surface area (TPSA) is 83.5 Å². The summed E-state index contributed by atoms with van der Waals surface area (Å²) in [4.78, 5) is 10.8. The number of carbonyl (C=O) groups is 1. The number of hydrogen-bond donors (Lipinski definition) is 2. The van der Waals surface area contributed by atoms with Crippen molar-refractivity contribution in [1.82, 2.24) is 5.32 Å². The fourth-order valence-electron chi connectivity index (χ4n) is 2.21. The molecule has 1 heterocycles. The van der Waals surface area contributed by atoms with Crippen molar-refractivity contribution < 1.29 is 18.3 Å². The lowest BCUT2D eigenvalue weighted by Gasteiger charge is -2.38. The predicted molar refractivity (Wildman–Crippen MR) is 54.3 cm³/mol. The first-order chi connectivity index (χ1) is 6.98. The van der Waals surface area contributed by atoms with E-state index < -0.39 is 21.8 Å². The van der Waals surface area contributed by atoms with E-state index in [2.05, 4.69) is 5.32 Å². The molecule has 0 amide bonds. The highest BCUT2D eigenvalue weighted by Gasteiger charge is 2.39. The maximum absolute atomic E-state index is 11.5. The molecule has 6 heteroatoms. The van der Waals surface area contributed by atoms with E-state index in [1.807, 2.05) is 0 Å². The zero-order chi connectivity index (χ0) is 11.1. The van der Waals surface area contributed by atoms with Gasteiger partial charge < -0.3 is 5.11 Å². The van der Waals surface area contributed by atoms with Crippen LogP contribution in [0.25, 0.3) is 0 Å². The lowest BCUT2D eigenvalue weighted by Crippen LogP contribution is -2.58. The normalized spacial score (nSPS) is 35.7. The molecule has 2 N–H and O–H groups in total. The van der Waals surface area contributed by atoms with E-state index in [-0.39, 0.29) is 17.5 Å². The molecule has 1 saturated carbocycles. The van der Waals surface area contributed by atoms with Crippen LogP contribution in [0.2, 0.25) is 0 Å². The second-order valence-corrected chi connectivity index (χ2v) is 6.59. The molecular weight excluding hydrogens is 218 g/mol. The van der Waals surface area contributed by atoms with Crippen LogP contribution < -0.4 is 5.32 Å². The van der Waals surface area contributed by atoms with Gasteiger partial charge >= 0.3 is 5.97 Å². The van der Waals surface area contributed by atoms with Gasteiger partial charge in [0.25, 0.3) is 0 Å². The van der Waals surface area contributed by atoms with Crippen LogP contribution in [0.1, 0.15) is 19.3 Å². The maximum Gasteiger partial charge on any atom is 0.321 e. The Balaban J connectivity index is 2.10. The molecule has 0 aromatic heterocycles. The average Bonchev–Trinajstić information content (AvgIpc) is 1.97. The maximum atomic E-state index is 11.5. The van der Waals surface area contributed by atoms with Crippen LogP contribution in [0.3, 0.4) is 0 Å². The lowest BCUT2D eigenvalue weighted by molar-refractivity contribution is -0.139. The van der Waals surface area contributed by atoms with Crippen LogP contribution in [0.15, 0.2) is 0 Å². The Morgan fingerprint density at radius 3 is 2.40 bits per heavy atom. The minimum absolute atomic E-state index is 0.0987. The molecule has 5 nitrogen and oxygen atoms in total. The molecule has 2 unspecified atom stereocenters. The summed E-state index contributed by atoms with van der Waals surface area (Å²) in [5.41, 5.74) is 0. The summed E-state index contributed by atoms with van der Waals surface area (Å²) >= 11 is 0. The molecule has 2 aliphatic rings. The Kier molecular flexibility index (Phi) is 2.72. The fraction of sp³-hybridized carbons (Fsp3) is 0.889. The average molecular weight is 233 g/mol. The number of aliphatic carboxylic acids is 1. The van der Waals surface area contributed by atoms with Gasteiger partial charge in [0, 0.05) is 6.04 Å². The molecule has 86 valence electrons. The van der Waals surface area contributed by atoms with Gasteiger partial charge in [-0.05, 0) is 18.8 Å². The Bertz CT molecular complexity index is 360. The highest BCUT2D eigenvalue weighted by atomic mass is 32.2. The van der Waals surface area contributed by atoms with Crippen molar-refractivity contribution in [2.24, 2.45) is 5.92 Å². The third-order valence-corrected chi connectivity index (χ3v) is 4.99.